The summed E-state index contributed by atoms with van der Waals surface area (Å²) in [5.41, 5.74) is 10.3. The Bertz CT molecular complexity index is 1140. The molecule has 3 aromatic heterocycles. The predicted molar refractivity (Wildman–Crippen MR) is 101 cm³/mol. The molecule has 0 aliphatic heterocycles. The summed E-state index contributed by atoms with van der Waals surface area (Å²) in [4.78, 5) is 8.74. The van der Waals surface area contributed by atoms with Crippen LogP contribution in [0.4, 0.5) is 5.82 Å². The number of hydrogen-bond donors (Lipinski definition) is 1. The molecule has 4 aromatic rings. The maximum absolute atomic E-state index is 9.62. The Balaban J connectivity index is 2.18. The van der Waals surface area contributed by atoms with Gasteiger partial charge in [-0.1, -0.05) is 28.1 Å². The number of thiophene rings is 1. The van der Waals surface area contributed by atoms with Crippen molar-refractivity contribution in [3.05, 3.63) is 52.1 Å². The lowest BCUT2D eigenvalue weighted by molar-refractivity contribution is -0.325. The molecule has 0 radical (unpaired) electrons. The maximum Gasteiger partial charge on any atom is 0.289 e. The van der Waals surface area contributed by atoms with Crippen LogP contribution in [-0.4, -0.2) is 4.98 Å². The van der Waals surface area contributed by atoms with Crippen LogP contribution in [0, 0.1) is 18.3 Å². The summed E-state index contributed by atoms with van der Waals surface area (Å²) >= 11 is 5.03. The van der Waals surface area contributed by atoms with E-state index in [1.807, 2.05) is 43.3 Å². The summed E-state index contributed by atoms with van der Waals surface area (Å²) in [6, 6.07) is 14.2. The Morgan fingerprint density at radius 3 is 2.67 bits per heavy atom. The first-order valence-corrected chi connectivity index (χ1v) is 8.90. The van der Waals surface area contributed by atoms with Gasteiger partial charge in [0.2, 0.25) is 0 Å². The molecule has 4 nitrogen and oxygen atoms in total. The third kappa shape index (κ3) is 2.25. The van der Waals surface area contributed by atoms with Gasteiger partial charge in [0.15, 0.2) is 5.52 Å². The van der Waals surface area contributed by atoms with E-state index >= 15 is 0 Å². The molecule has 3 N–H and O–H groups in total. The molecule has 1 aromatic carbocycles. The lowest BCUT2D eigenvalue weighted by atomic mass is 10.0. The van der Waals surface area contributed by atoms with E-state index < -0.39 is 0 Å². The molecule has 0 bridgehead atoms. The van der Waals surface area contributed by atoms with Gasteiger partial charge in [0, 0.05) is 15.7 Å². The molecule has 4 rings (SSSR count). The molecule has 0 fully saturated rings. The minimum Gasteiger partial charge on any atom is -0.286 e. The van der Waals surface area contributed by atoms with Crippen LogP contribution in [0.5, 0.6) is 0 Å². The maximum atomic E-state index is 9.62. The molecule has 6 heteroatoms. The summed E-state index contributed by atoms with van der Waals surface area (Å²) in [7, 11) is 0. The average molecular weight is 396 g/mol. The van der Waals surface area contributed by atoms with Crippen LogP contribution in [0.2, 0.25) is 0 Å². The highest BCUT2D eigenvalue weighted by molar-refractivity contribution is 9.10. The Labute approximate surface area is 150 Å². The average Bonchev–Trinajstić information content (AvgIpc) is 2.91. The number of nitrogens with one attached hydrogen (secondary N) is 1. The van der Waals surface area contributed by atoms with Gasteiger partial charge in [-0.15, -0.1) is 11.3 Å². The van der Waals surface area contributed by atoms with Crippen molar-refractivity contribution in [3.8, 4) is 17.2 Å². The third-order valence-electron chi connectivity index (χ3n) is 3.95. The van der Waals surface area contributed by atoms with Crippen LogP contribution in [0.15, 0.2) is 40.9 Å². The van der Waals surface area contributed by atoms with Crippen LogP contribution in [-0.2, 0) is 0 Å². The Morgan fingerprint density at radius 2 is 1.96 bits per heavy atom. The molecular formula is C18H12BrN4S+. The molecule has 0 aliphatic carbocycles. The standard InChI is InChI=1S/C18H11BrN4S/c1-9-2-7-12-15-16(24-18(12)22-9)14(13(8-20)17(21)23-15)10-3-5-11(19)6-4-10/h2-7H,1H3,(H2,21,23)/p+1. The van der Waals surface area contributed by atoms with Gasteiger partial charge < -0.3 is 0 Å². The van der Waals surface area contributed by atoms with E-state index in [4.69, 9.17) is 5.73 Å². The van der Waals surface area contributed by atoms with Crippen molar-refractivity contribution in [2.45, 2.75) is 6.92 Å². The van der Waals surface area contributed by atoms with Crippen LogP contribution in [0.25, 0.3) is 31.6 Å². The number of hydrogen-bond acceptors (Lipinski definition) is 4. The highest BCUT2D eigenvalue weighted by Gasteiger charge is 2.22. The summed E-state index contributed by atoms with van der Waals surface area (Å²) in [5, 5.41) is 10.6. The second-order valence-corrected chi connectivity index (χ2v) is 7.43. The first-order valence-electron chi connectivity index (χ1n) is 7.29. The van der Waals surface area contributed by atoms with Gasteiger partial charge in [-0.05, 0) is 36.8 Å². The van der Waals surface area contributed by atoms with E-state index in [1.165, 1.54) is 0 Å². The number of halogens is 1. The largest absolute Gasteiger partial charge is 0.289 e. The van der Waals surface area contributed by atoms with Crippen LogP contribution in [0.1, 0.15) is 11.3 Å². The second-order valence-electron chi connectivity index (χ2n) is 5.52. The van der Waals surface area contributed by atoms with Crippen molar-refractivity contribution in [1.29, 1.82) is 5.26 Å². The molecule has 0 atom stereocenters. The number of nitriles is 1. The molecule has 0 spiro atoms. The summed E-state index contributed by atoms with van der Waals surface area (Å²) in [6.07, 6.45) is 0. The molecule has 0 unspecified atom stereocenters. The number of aromatic amines is 1. The Kier molecular flexibility index (Phi) is 3.48. The zero-order chi connectivity index (χ0) is 16.8. The fourth-order valence-electron chi connectivity index (χ4n) is 2.82. The molecule has 116 valence electrons. The van der Waals surface area contributed by atoms with Crippen molar-refractivity contribution in [3.63, 3.8) is 0 Å². The van der Waals surface area contributed by atoms with E-state index in [0.29, 0.717) is 11.4 Å². The topological polar surface area (TPSA) is 76.8 Å². The predicted octanol–water partition coefficient (Wildman–Crippen LogP) is 4.46. The highest BCUT2D eigenvalue weighted by atomic mass is 79.9. The Morgan fingerprint density at radius 1 is 1.21 bits per heavy atom. The van der Waals surface area contributed by atoms with Crippen LogP contribution < -0.4 is 10.7 Å². The van der Waals surface area contributed by atoms with Crippen molar-refractivity contribution in [1.82, 2.24) is 4.98 Å². The number of nitrogen functional groups attached to an aromatic ring is 1. The third-order valence-corrected chi connectivity index (χ3v) is 5.59. The number of nitrogens with zero attached hydrogens (tertiary/aromatic N) is 2. The fourth-order valence-corrected chi connectivity index (χ4v) is 4.34. The zero-order valence-electron chi connectivity index (χ0n) is 12.7. The van der Waals surface area contributed by atoms with Gasteiger partial charge in [-0.2, -0.15) is 5.26 Å². The van der Waals surface area contributed by atoms with E-state index in [-0.39, 0.29) is 0 Å². The molecule has 0 saturated carbocycles. The van der Waals surface area contributed by atoms with Crippen LogP contribution in [0.3, 0.4) is 0 Å². The number of pyridine rings is 2. The van der Waals surface area contributed by atoms with Gasteiger partial charge in [0.1, 0.15) is 16.5 Å². The number of benzene rings is 1. The normalized spacial score (nSPS) is 11.0. The van der Waals surface area contributed by atoms with E-state index in [9.17, 15) is 5.26 Å². The lowest BCUT2D eigenvalue weighted by Gasteiger charge is -2.06. The van der Waals surface area contributed by atoms with Crippen LogP contribution >= 0.6 is 27.3 Å². The summed E-state index contributed by atoms with van der Waals surface area (Å²) < 4.78 is 1.99. The van der Waals surface area contributed by atoms with Gasteiger partial charge in [-0.3, -0.25) is 5.73 Å². The number of H-pyrrole nitrogens is 1. The number of rotatable bonds is 1. The first-order chi connectivity index (χ1) is 11.6. The highest BCUT2D eigenvalue weighted by Crippen LogP contribution is 2.40. The second kappa shape index (κ2) is 5.55. The number of aromatic nitrogens is 2. The summed E-state index contributed by atoms with van der Waals surface area (Å²) in [6.45, 7) is 1.97. The SMILES string of the molecule is Cc1ccc2c(n1)sc1c(-c3ccc(Br)cc3)c(C#N)c(N)[nH+]c12. The van der Waals surface area contributed by atoms with Crippen molar-refractivity contribution in [2.75, 3.05) is 5.73 Å². The van der Waals surface area contributed by atoms with Gasteiger partial charge in [0.25, 0.3) is 5.82 Å². The number of nitrogens with two attached hydrogens (primary N) is 1. The van der Waals surface area contributed by atoms with Gasteiger partial charge in [-0.25, -0.2) is 9.97 Å². The zero-order valence-corrected chi connectivity index (χ0v) is 15.1. The van der Waals surface area contributed by atoms with Gasteiger partial charge in [0.05, 0.1) is 10.1 Å². The van der Waals surface area contributed by atoms with Gasteiger partial charge >= 0.3 is 0 Å². The first kappa shape index (κ1) is 15.1. The molecule has 3 heterocycles. The summed E-state index contributed by atoms with van der Waals surface area (Å²) in [5.74, 6) is 0.378. The number of fused-ring (bicyclic) bond motifs is 3. The number of aryl methyl sites for hydroxylation is 1. The van der Waals surface area contributed by atoms with E-state index in [2.05, 4.69) is 32.0 Å². The number of anilines is 1. The lowest BCUT2D eigenvalue weighted by Crippen LogP contribution is -2.14. The molecule has 0 saturated heterocycles. The minimum atomic E-state index is 0.378. The quantitative estimate of drug-likeness (QED) is 0.516. The Hall–Kier alpha value is -2.49. The monoisotopic (exact) mass is 395 g/mol. The van der Waals surface area contributed by atoms with Crippen molar-refractivity contribution < 1.29 is 4.98 Å². The molecular weight excluding hydrogens is 384 g/mol. The molecule has 0 aliphatic rings. The van der Waals surface area contributed by atoms with E-state index in [1.54, 1.807) is 11.3 Å². The van der Waals surface area contributed by atoms with Crippen molar-refractivity contribution in [2.24, 2.45) is 0 Å². The van der Waals surface area contributed by atoms with E-state index in [0.717, 1.165) is 41.7 Å². The minimum absolute atomic E-state index is 0.378. The molecule has 24 heavy (non-hydrogen) atoms. The smallest absolute Gasteiger partial charge is 0.286 e. The fraction of sp³-hybridized carbons (Fsp3) is 0.0556. The molecule has 0 amide bonds. The van der Waals surface area contributed by atoms with Crippen molar-refractivity contribution >= 4 is 53.5 Å².